The van der Waals surface area contributed by atoms with Crippen molar-refractivity contribution in [2.45, 2.75) is 38.3 Å². The number of imide groups is 1. The minimum atomic E-state index is -0.380. The fourth-order valence-electron chi connectivity index (χ4n) is 4.43. The lowest BCUT2D eigenvalue weighted by molar-refractivity contribution is -0.139. The molecule has 162 valence electrons. The van der Waals surface area contributed by atoms with Crippen LogP contribution in [-0.2, 0) is 22.6 Å². The maximum absolute atomic E-state index is 13.0. The topological polar surface area (TPSA) is 78.5 Å². The number of urea groups is 1. The van der Waals surface area contributed by atoms with Gasteiger partial charge in [-0.3, -0.25) is 14.5 Å². The molecule has 0 radical (unpaired) electrons. The van der Waals surface area contributed by atoms with Gasteiger partial charge < -0.3 is 10.6 Å². The number of hydrogen-bond acceptors (Lipinski definition) is 3. The predicted octanol–water partition coefficient (Wildman–Crippen LogP) is 3.02. The summed E-state index contributed by atoms with van der Waals surface area (Å²) in [5, 5.41) is 5.83. The normalized spacial score (nSPS) is 23.1. The summed E-state index contributed by atoms with van der Waals surface area (Å²) in [4.78, 5) is 39.4. The molecule has 1 aliphatic heterocycles. The van der Waals surface area contributed by atoms with E-state index in [1.54, 1.807) is 12.1 Å². The molecule has 1 aliphatic carbocycles. The average molecular weight is 423 g/mol. The molecule has 0 aromatic heterocycles. The highest BCUT2D eigenvalue weighted by molar-refractivity contribution is 5.99. The van der Waals surface area contributed by atoms with Crippen LogP contribution in [0.15, 0.2) is 54.6 Å². The summed E-state index contributed by atoms with van der Waals surface area (Å²) in [7, 11) is 0. The Kier molecular flexibility index (Phi) is 6.30. The number of fused-ring (bicyclic) bond motifs is 1. The third kappa shape index (κ3) is 4.93. The van der Waals surface area contributed by atoms with Gasteiger partial charge in [0.25, 0.3) is 0 Å². The van der Waals surface area contributed by atoms with Crippen molar-refractivity contribution in [3.05, 3.63) is 71.5 Å². The largest absolute Gasteiger partial charge is 0.352 e. The van der Waals surface area contributed by atoms with Crippen LogP contribution in [0.5, 0.6) is 0 Å². The van der Waals surface area contributed by atoms with Crippen molar-refractivity contribution in [2.75, 3.05) is 6.54 Å². The summed E-state index contributed by atoms with van der Waals surface area (Å²) < 4.78 is 13.0. The number of amides is 4. The first-order chi connectivity index (χ1) is 15.0. The van der Waals surface area contributed by atoms with Crippen LogP contribution in [0, 0.1) is 17.7 Å². The monoisotopic (exact) mass is 423 g/mol. The van der Waals surface area contributed by atoms with E-state index in [4.69, 9.17) is 0 Å². The number of carbonyl (C=O) groups excluding carboxylic acids is 3. The van der Waals surface area contributed by atoms with E-state index in [0.29, 0.717) is 38.8 Å². The van der Waals surface area contributed by atoms with Crippen LogP contribution in [0.25, 0.3) is 0 Å². The van der Waals surface area contributed by atoms with Gasteiger partial charge in [0.1, 0.15) is 5.82 Å². The molecule has 3 unspecified atom stereocenters. The summed E-state index contributed by atoms with van der Waals surface area (Å²) in [5.41, 5.74) is 1.89. The Morgan fingerprint density at radius 3 is 2.52 bits per heavy atom. The van der Waals surface area contributed by atoms with Crippen LogP contribution in [0.4, 0.5) is 9.18 Å². The lowest BCUT2D eigenvalue weighted by atomic mass is 9.76. The maximum Gasteiger partial charge on any atom is 0.324 e. The Balaban J connectivity index is 1.31. The summed E-state index contributed by atoms with van der Waals surface area (Å²) in [6, 6.07) is 15.1. The molecule has 2 aliphatic rings. The van der Waals surface area contributed by atoms with Gasteiger partial charge in [-0.2, -0.15) is 0 Å². The van der Waals surface area contributed by atoms with E-state index in [0.717, 1.165) is 11.1 Å². The Morgan fingerprint density at radius 2 is 1.77 bits per heavy atom. The van der Waals surface area contributed by atoms with Gasteiger partial charge in [0, 0.05) is 25.0 Å². The number of nitrogens with zero attached hydrogens (tertiary/aromatic N) is 1. The number of rotatable bonds is 6. The van der Waals surface area contributed by atoms with Crippen molar-refractivity contribution < 1.29 is 18.8 Å². The second kappa shape index (κ2) is 9.29. The number of hydrogen-bond donors (Lipinski definition) is 2. The van der Waals surface area contributed by atoms with Crippen LogP contribution in [-0.4, -0.2) is 35.3 Å². The summed E-state index contributed by atoms with van der Waals surface area (Å²) in [5.74, 6) is -1.10. The van der Waals surface area contributed by atoms with Crippen molar-refractivity contribution in [3.63, 3.8) is 0 Å². The van der Waals surface area contributed by atoms with E-state index in [2.05, 4.69) is 10.6 Å². The van der Waals surface area contributed by atoms with Gasteiger partial charge in [-0.05, 0) is 48.9 Å². The molecule has 7 heteroatoms. The molecule has 2 fully saturated rings. The number of carbonyl (C=O) groups is 3. The van der Waals surface area contributed by atoms with E-state index in [9.17, 15) is 18.8 Å². The molecule has 3 atom stereocenters. The van der Waals surface area contributed by atoms with E-state index in [1.165, 1.54) is 17.0 Å². The number of halogens is 1. The highest BCUT2D eigenvalue weighted by Crippen LogP contribution is 2.33. The fraction of sp³-hybridized carbons (Fsp3) is 0.375. The second-order valence-electron chi connectivity index (χ2n) is 8.24. The zero-order valence-electron chi connectivity index (χ0n) is 17.2. The first kappa shape index (κ1) is 21.0. The summed E-state index contributed by atoms with van der Waals surface area (Å²) in [6.45, 7) is 0.668. The number of benzene rings is 2. The van der Waals surface area contributed by atoms with E-state index >= 15 is 0 Å². The van der Waals surface area contributed by atoms with Crippen molar-refractivity contribution in [3.8, 4) is 0 Å². The minimum Gasteiger partial charge on any atom is -0.352 e. The van der Waals surface area contributed by atoms with Crippen molar-refractivity contribution in [1.29, 1.82) is 0 Å². The highest BCUT2D eigenvalue weighted by atomic mass is 19.1. The molecule has 1 heterocycles. The molecule has 4 rings (SSSR count). The smallest absolute Gasteiger partial charge is 0.324 e. The first-order valence-corrected chi connectivity index (χ1v) is 10.7. The minimum absolute atomic E-state index is 0.101. The molecule has 6 nitrogen and oxygen atoms in total. The van der Waals surface area contributed by atoms with Crippen LogP contribution >= 0.6 is 0 Å². The first-order valence-electron chi connectivity index (χ1n) is 10.7. The molecular weight excluding hydrogens is 397 g/mol. The zero-order chi connectivity index (χ0) is 21.8. The molecule has 2 aromatic carbocycles. The fourth-order valence-corrected chi connectivity index (χ4v) is 4.43. The SMILES string of the molecule is O=C(NCc1ccc(F)cc1)C1CCC2C(=O)N(CCc3ccccc3)C(=O)NC2C1. The highest BCUT2D eigenvalue weighted by Gasteiger charge is 2.45. The van der Waals surface area contributed by atoms with Crippen LogP contribution in [0.1, 0.15) is 30.4 Å². The molecule has 4 amide bonds. The lowest BCUT2D eigenvalue weighted by Crippen LogP contribution is -2.62. The van der Waals surface area contributed by atoms with Crippen molar-refractivity contribution in [1.82, 2.24) is 15.5 Å². The third-order valence-electron chi connectivity index (χ3n) is 6.21. The van der Waals surface area contributed by atoms with Gasteiger partial charge in [-0.15, -0.1) is 0 Å². The Bertz CT molecular complexity index is 948. The van der Waals surface area contributed by atoms with Gasteiger partial charge in [-0.25, -0.2) is 9.18 Å². The lowest BCUT2D eigenvalue weighted by Gasteiger charge is -2.42. The van der Waals surface area contributed by atoms with Gasteiger partial charge >= 0.3 is 6.03 Å². The summed E-state index contributed by atoms with van der Waals surface area (Å²) in [6.07, 6.45) is 2.24. The summed E-state index contributed by atoms with van der Waals surface area (Å²) >= 11 is 0. The molecule has 2 N–H and O–H groups in total. The average Bonchev–Trinajstić information content (AvgIpc) is 2.78. The Morgan fingerprint density at radius 1 is 1.03 bits per heavy atom. The van der Waals surface area contributed by atoms with Crippen LogP contribution in [0.3, 0.4) is 0 Å². The second-order valence-corrected chi connectivity index (χ2v) is 8.24. The molecule has 0 spiro atoms. The zero-order valence-corrected chi connectivity index (χ0v) is 17.2. The van der Waals surface area contributed by atoms with Crippen LogP contribution < -0.4 is 10.6 Å². The Hall–Kier alpha value is -3.22. The van der Waals surface area contributed by atoms with E-state index < -0.39 is 0 Å². The predicted molar refractivity (Wildman–Crippen MR) is 113 cm³/mol. The third-order valence-corrected chi connectivity index (χ3v) is 6.21. The van der Waals surface area contributed by atoms with E-state index in [-0.39, 0.29) is 41.5 Å². The molecule has 2 aromatic rings. The number of nitrogens with one attached hydrogen (secondary N) is 2. The molecule has 31 heavy (non-hydrogen) atoms. The van der Waals surface area contributed by atoms with Gasteiger partial charge in [-0.1, -0.05) is 42.5 Å². The van der Waals surface area contributed by atoms with Gasteiger partial charge in [0.15, 0.2) is 0 Å². The van der Waals surface area contributed by atoms with Crippen LogP contribution in [0.2, 0.25) is 0 Å². The van der Waals surface area contributed by atoms with E-state index in [1.807, 2.05) is 30.3 Å². The molecule has 1 saturated carbocycles. The quantitative estimate of drug-likeness (QED) is 0.750. The maximum atomic E-state index is 13.0. The molecule has 0 bridgehead atoms. The van der Waals surface area contributed by atoms with Gasteiger partial charge in [0.05, 0.1) is 5.92 Å². The standard InChI is InChI=1S/C24H26FN3O3/c25-19-9-6-17(7-10-19)15-26-22(29)18-8-11-20-21(14-18)27-24(31)28(23(20)30)13-12-16-4-2-1-3-5-16/h1-7,9-10,18,20-21H,8,11-15H2,(H,26,29)(H,27,31). The van der Waals surface area contributed by atoms with Gasteiger partial charge in [0.2, 0.25) is 11.8 Å². The van der Waals surface area contributed by atoms with Crippen molar-refractivity contribution in [2.24, 2.45) is 11.8 Å². The molecule has 1 saturated heterocycles. The Labute approximate surface area is 180 Å². The van der Waals surface area contributed by atoms with Crippen molar-refractivity contribution >= 4 is 17.8 Å². The molecular formula is C24H26FN3O3.